The van der Waals surface area contributed by atoms with Gasteiger partial charge in [0.25, 0.3) is 11.5 Å². The smallest absolute Gasteiger partial charge is 0.410 e. The molecule has 1 saturated heterocycles. The normalized spacial score (nSPS) is 15.1. The number of carbonyl (C=O) groups excluding carboxylic acids is 2. The molecule has 2 aromatic heterocycles. The van der Waals surface area contributed by atoms with Gasteiger partial charge in [0.15, 0.2) is 0 Å². The molecule has 1 aromatic carbocycles. The monoisotopic (exact) mass is 413 g/mol. The predicted octanol–water partition coefficient (Wildman–Crippen LogP) is 3.44. The van der Waals surface area contributed by atoms with Gasteiger partial charge in [-0.05, 0) is 44.4 Å². The van der Waals surface area contributed by atoms with Crippen LogP contribution in [0.3, 0.4) is 0 Å². The third kappa shape index (κ3) is 3.85. The lowest BCUT2D eigenvalue weighted by molar-refractivity contribution is 0.0141. The predicted molar refractivity (Wildman–Crippen MR) is 114 cm³/mol. The summed E-state index contributed by atoms with van der Waals surface area (Å²) in [4.78, 5) is 43.6. The maximum Gasteiger partial charge on any atom is 0.410 e. The molecule has 8 heteroatoms. The summed E-state index contributed by atoms with van der Waals surface area (Å²) in [6.45, 7) is 7.24. The Morgan fingerprint density at radius 2 is 1.72 bits per heavy atom. The molecular weight excluding hydrogens is 390 g/mol. The van der Waals surface area contributed by atoms with E-state index in [0.717, 1.165) is 10.1 Å². The number of benzene rings is 1. The van der Waals surface area contributed by atoms with Crippen LogP contribution in [0.2, 0.25) is 0 Å². The van der Waals surface area contributed by atoms with E-state index in [2.05, 4.69) is 4.98 Å². The molecule has 29 heavy (non-hydrogen) atoms. The minimum absolute atomic E-state index is 0.108. The Morgan fingerprint density at radius 3 is 2.41 bits per heavy atom. The van der Waals surface area contributed by atoms with E-state index >= 15 is 0 Å². The number of fused-ring (bicyclic) bond motifs is 3. The number of thiophene rings is 1. The topological polar surface area (TPSA) is 82.7 Å². The molecule has 1 aliphatic rings. The molecule has 0 radical (unpaired) electrons. The Kier molecular flexibility index (Phi) is 4.82. The Morgan fingerprint density at radius 1 is 1.03 bits per heavy atom. The maximum absolute atomic E-state index is 12.9. The van der Waals surface area contributed by atoms with Crippen LogP contribution >= 0.6 is 11.3 Å². The van der Waals surface area contributed by atoms with Crippen molar-refractivity contribution in [2.75, 3.05) is 26.2 Å². The van der Waals surface area contributed by atoms with Gasteiger partial charge in [-0.3, -0.25) is 9.59 Å². The number of H-pyrrole nitrogens is 1. The lowest BCUT2D eigenvalue weighted by Crippen LogP contribution is -2.51. The molecule has 0 atom stereocenters. The van der Waals surface area contributed by atoms with Crippen LogP contribution in [0.4, 0.5) is 4.79 Å². The first-order chi connectivity index (χ1) is 13.7. The number of nitrogens with one attached hydrogen (secondary N) is 1. The van der Waals surface area contributed by atoms with Crippen molar-refractivity contribution in [2.45, 2.75) is 26.4 Å². The summed E-state index contributed by atoms with van der Waals surface area (Å²) in [6.07, 6.45) is -0.354. The van der Waals surface area contributed by atoms with Gasteiger partial charge in [0.2, 0.25) is 0 Å². The second-order valence-corrected chi connectivity index (χ2v) is 9.05. The number of hydrogen-bond donors (Lipinski definition) is 1. The second kappa shape index (κ2) is 7.18. The molecule has 0 unspecified atom stereocenters. The summed E-state index contributed by atoms with van der Waals surface area (Å²) in [5.74, 6) is -0.108. The molecule has 7 nitrogen and oxygen atoms in total. The third-order valence-electron chi connectivity index (χ3n) is 4.89. The van der Waals surface area contributed by atoms with Crippen LogP contribution in [-0.2, 0) is 4.74 Å². The first-order valence-electron chi connectivity index (χ1n) is 9.53. The highest BCUT2D eigenvalue weighted by atomic mass is 32.1. The van der Waals surface area contributed by atoms with E-state index in [1.165, 1.54) is 11.3 Å². The first-order valence-corrected chi connectivity index (χ1v) is 10.4. The number of carbonyl (C=O) groups is 2. The lowest BCUT2D eigenvalue weighted by atomic mass is 10.1. The van der Waals surface area contributed by atoms with Crippen molar-refractivity contribution in [3.63, 3.8) is 0 Å². The standard InChI is InChI=1S/C21H23N3O4S/c1-21(2,3)28-20(27)24-9-7-23(8-10-24)19(26)13-4-5-14-16(12-13)22-18(25)15-6-11-29-17(14)15/h4-6,11-12H,7-10H2,1-3H3,(H,22,25). The van der Waals surface area contributed by atoms with Gasteiger partial charge in [-0.15, -0.1) is 11.3 Å². The summed E-state index contributed by atoms with van der Waals surface area (Å²) in [6, 6.07) is 7.22. The fourth-order valence-electron chi connectivity index (χ4n) is 3.47. The third-order valence-corrected chi connectivity index (χ3v) is 5.84. The van der Waals surface area contributed by atoms with E-state index in [1.807, 2.05) is 38.3 Å². The summed E-state index contributed by atoms with van der Waals surface area (Å²) in [5, 5.41) is 3.49. The SMILES string of the molecule is CC(C)(C)OC(=O)N1CCN(C(=O)c2ccc3c(c2)[nH]c(=O)c2ccsc23)CC1. The number of hydrogen-bond acceptors (Lipinski definition) is 5. The summed E-state index contributed by atoms with van der Waals surface area (Å²) >= 11 is 1.52. The minimum Gasteiger partial charge on any atom is -0.444 e. The zero-order valence-corrected chi connectivity index (χ0v) is 17.5. The number of ether oxygens (including phenoxy) is 1. The largest absolute Gasteiger partial charge is 0.444 e. The summed E-state index contributed by atoms with van der Waals surface area (Å²) < 4.78 is 6.32. The molecule has 3 aromatic rings. The molecular formula is C21H23N3O4S. The molecule has 2 amide bonds. The fraction of sp³-hybridized carbons (Fsp3) is 0.381. The van der Waals surface area contributed by atoms with Crippen molar-refractivity contribution in [1.82, 2.24) is 14.8 Å². The minimum atomic E-state index is -0.542. The van der Waals surface area contributed by atoms with E-state index in [1.54, 1.807) is 21.9 Å². The van der Waals surface area contributed by atoms with Gasteiger partial charge in [0.1, 0.15) is 5.60 Å². The molecule has 1 N–H and O–H groups in total. The van der Waals surface area contributed by atoms with Crippen molar-refractivity contribution in [1.29, 1.82) is 0 Å². The van der Waals surface area contributed by atoms with Gasteiger partial charge in [-0.2, -0.15) is 0 Å². The molecule has 0 aliphatic carbocycles. The quantitative estimate of drug-likeness (QED) is 0.663. The van der Waals surface area contributed by atoms with Gasteiger partial charge in [0, 0.05) is 41.8 Å². The van der Waals surface area contributed by atoms with Gasteiger partial charge in [0.05, 0.1) is 10.9 Å². The molecule has 0 saturated carbocycles. The van der Waals surface area contributed by atoms with E-state index < -0.39 is 5.60 Å². The highest BCUT2D eigenvalue weighted by Gasteiger charge is 2.28. The average molecular weight is 413 g/mol. The van der Waals surface area contributed by atoms with Crippen LogP contribution in [-0.4, -0.2) is 58.6 Å². The number of nitrogens with zero attached hydrogens (tertiary/aromatic N) is 2. The van der Waals surface area contributed by atoms with Crippen molar-refractivity contribution in [2.24, 2.45) is 0 Å². The molecule has 3 heterocycles. The van der Waals surface area contributed by atoms with Gasteiger partial charge >= 0.3 is 6.09 Å². The summed E-state index contributed by atoms with van der Waals surface area (Å²) in [5.41, 5.74) is 0.488. The van der Waals surface area contributed by atoms with Crippen LogP contribution in [0.25, 0.3) is 21.0 Å². The van der Waals surface area contributed by atoms with Crippen LogP contribution in [0.1, 0.15) is 31.1 Å². The van der Waals surface area contributed by atoms with E-state index in [9.17, 15) is 14.4 Å². The fourth-order valence-corrected chi connectivity index (χ4v) is 4.40. The van der Waals surface area contributed by atoms with Crippen LogP contribution < -0.4 is 5.56 Å². The van der Waals surface area contributed by atoms with Gasteiger partial charge in [-0.1, -0.05) is 6.07 Å². The molecule has 1 fully saturated rings. The first kappa shape index (κ1) is 19.4. The molecule has 0 spiro atoms. The Balaban J connectivity index is 1.50. The van der Waals surface area contributed by atoms with Crippen LogP contribution in [0.15, 0.2) is 34.4 Å². The average Bonchev–Trinajstić information content (AvgIpc) is 3.16. The van der Waals surface area contributed by atoms with Gasteiger partial charge in [-0.25, -0.2) is 4.79 Å². The molecule has 4 rings (SSSR count). The van der Waals surface area contributed by atoms with E-state index in [-0.39, 0.29) is 17.6 Å². The second-order valence-electron chi connectivity index (χ2n) is 8.14. The number of rotatable bonds is 1. The highest BCUT2D eigenvalue weighted by molar-refractivity contribution is 7.18. The Hall–Kier alpha value is -2.87. The number of pyridine rings is 1. The van der Waals surface area contributed by atoms with Crippen molar-refractivity contribution < 1.29 is 14.3 Å². The van der Waals surface area contributed by atoms with E-state index in [4.69, 9.17) is 4.74 Å². The molecule has 1 aliphatic heterocycles. The van der Waals surface area contributed by atoms with Crippen LogP contribution in [0, 0.1) is 0 Å². The summed E-state index contributed by atoms with van der Waals surface area (Å²) in [7, 11) is 0. The number of amides is 2. The van der Waals surface area contributed by atoms with Gasteiger partial charge < -0.3 is 19.5 Å². The zero-order valence-electron chi connectivity index (χ0n) is 16.7. The Labute approximate surface area is 171 Å². The maximum atomic E-state index is 12.9. The van der Waals surface area contributed by atoms with Crippen molar-refractivity contribution >= 4 is 44.3 Å². The number of piperazine rings is 1. The molecule has 152 valence electrons. The number of aromatic nitrogens is 1. The highest BCUT2D eigenvalue weighted by Crippen LogP contribution is 2.27. The van der Waals surface area contributed by atoms with Crippen molar-refractivity contribution in [3.8, 4) is 0 Å². The Bertz CT molecular complexity index is 1150. The molecule has 0 bridgehead atoms. The lowest BCUT2D eigenvalue weighted by Gasteiger charge is -2.35. The zero-order chi connectivity index (χ0) is 20.8. The van der Waals surface area contributed by atoms with E-state index in [0.29, 0.717) is 42.6 Å². The van der Waals surface area contributed by atoms with Crippen molar-refractivity contribution in [3.05, 3.63) is 45.6 Å². The number of aromatic amines is 1. The van der Waals surface area contributed by atoms with Crippen LogP contribution in [0.5, 0.6) is 0 Å².